The number of aromatic nitrogens is 1. The van der Waals surface area contributed by atoms with Gasteiger partial charge in [-0.25, -0.2) is 0 Å². The predicted octanol–water partition coefficient (Wildman–Crippen LogP) is 1.01. The van der Waals surface area contributed by atoms with E-state index in [4.69, 9.17) is 0 Å². The minimum Gasteiger partial charge on any atom is -0.361 e. The highest BCUT2D eigenvalue weighted by Crippen LogP contribution is 2.11. The molecule has 0 spiro atoms. The highest BCUT2D eigenvalue weighted by atomic mass is 14.6. The SMILES string of the molecule is CCC1C=c2cc[nH]c2=CC1. The first-order valence-corrected chi connectivity index (χ1v) is 4.25. The van der Waals surface area contributed by atoms with Crippen LogP contribution in [0, 0.1) is 5.92 Å². The van der Waals surface area contributed by atoms with E-state index in [-0.39, 0.29) is 0 Å². The van der Waals surface area contributed by atoms with Crippen molar-refractivity contribution in [2.45, 2.75) is 19.8 Å². The lowest BCUT2D eigenvalue weighted by Gasteiger charge is -2.08. The minimum absolute atomic E-state index is 0.762. The van der Waals surface area contributed by atoms with Gasteiger partial charge in [0.05, 0.1) is 0 Å². The second-order valence-electron chi connectivity index (χ2n) is 3.12. The molecule has 1 unspecified atom stereocenters. The molecule has 0 radical (unpaired) electrons. The third-order valence-electron chi connectivity index (χ3n) is 2.38. The molecule has 0 bridgehead atoms. The molecule has 0 amide bonds. The molecular weight excluding hydrogens is 134 g/mol. The highest BCUT2D eigenvalue weighted by Gasteiger charge is 2.03. The van der Waals surface area contributed by atoms with Crippen LogP contribution >= 0.6 is 0 Å². The van der Waals surface area contributed by atoms with Gasteiger partial charge < -0.3 is 4.98 Å². The van der Waals surface area contributed by atoms with Crippen molar-refractivity contribution in [2.24, 2.45) is 5.92 Å². The monoisotopic (exact) mass is 147 g/mol. The summed E-state index contributed by atoms with van der Waals surface area (Å²) < 4.78 is 0. The Morgan fingerprint density at radius 3 is 3.36 bits per heavy atom. The lowest BCUT2D eigenvalue weighted by Crippen LogP contribution is -2.26. The number of hydrogen-bond donors (Lipinski definition) is 1. The molecule has 0 saturated carbocycles. The predicted molar refractivity (Wildman–Crippen MR) is 47.4 cm³/mol. The molecule has 1 aliphatic rings. The first kappa shape index (κ1) is 6.71. The van der Waals surface area contributed by atoms with Gasteiger partial charge in [-0.2, -0.15) is 0 Å². The summed E-state index contributed by atoms with van der Waals surface area (Å²) in [4.78, 5) is 3.22. The summed E-state index contributed by atoms with van der Waals surface area (Å²) in [7, 11) is 0. The number of fused-ring (bicyclic) bond motifs is 1. The third-order valence-corrected chi connectivity index (χ3v) is 2.38. The van der Waals surface area contributed by atoms with Crippen LogP contribution in [0.4, 0.5) is 0 Å². The zero-order chi connectivity index (χ0) is 7.68. The number of aromatic amines is 1. The van der Waals surface area contributed by atoms with Gasteiger partial charge in [-0.1, -0.05) is 19.1 Å². The normalized spacial score (nSPS) is 21.7. The maximum atomic E-state index is 3.22. The van der Waals surface area contributed by atoms with Crippen LogP contribution in [0.3, 0.4) is 0 Å². The van der Waals surface area contributed by atoms with E-state index < -0.39 is 0 Å². The van der Waals surface area contributed by atoms with E-state index in [2.05, 4.69) is 30.1 Å². The van der Waals surface area contributed by atoms with Crippen LogP contribution in [-0.2, 0) is 0 Å². The van der Waals surface area contributed by atoms with Gasteiger partial charge in [-0.3, -0.25) is 0 Å². The lowest BCUT2D eigenvalue weighted by molar-refractivity contribution is 0.681. The zero-order valence-corrected chi connectivity index (χ0v) is 6.80. The van der Waals surface area contributed by atoms with E-state index in [0.717, 1.165) is 5.92 Å². The Balaban J connectivity index is 2.53. The van der Waals surface area contributed by atoms with E-state index in [1.54, 1.807) is 0 Å². The Morgan fingerprint density at radius 2 is 2.55 bits per heavy atom. The van der Waals surface area contributed by atoms with Crippen molar-refractivity contribution in [1.29, 1.82) is 0 Å². The van der Waals surface area contributed by atoms with Crippen LogP contribution in [0.2, 0.25) is 0 Å². The molecule has 58 valence electrons. The molecule has 1 aliphatic carbocycles. The molecule has 1 heterocycles. The summed E-state index contributed by atoms with van der Waals surface area (Å²) in [6, 6.07) is 2.15. The fourth-order valence-electron chi connectivity index (χ4n) is 1.59. The Morgan fingerprint density at radius 1 is 1.64 bits per heavy atom. The lowest BCUT2D eigenvalue weighted by atomic mass is 9.98. The van der Waals surface area contributed by atoms with Gasteiger partial charge >= 0.3 is 0 Å². The summed E-state index contributed by atoms with van der Waals surface area (Å²) in [5.74, 6) is 0.762. The maximum absolute atomic E-state index is 3.22. The minimum atomic E-state index is 0.762. The van der Waals surface area contributed by atoms with Crippen LogP contribution in [0.15, 0.2) is 12.3 Å². The topological polar surface area (TPSA) is 15.8 Å². The molecule has 1 nitrogen and oxygen atoms in total. The van der Waals surface area contributed by atoms with Gasteiger partial charge in [0.2, 0.25) is 0 Å². The van der Waals surface area contributed by atoms with E-state index >= 15 is 0 Å². The number of hydrogen-bond acceptors (Lipinski definition) is 0. The van der Waals surface area contributed by atoms with Crippen LogP contribution in [0.5, 0.6) is 0 Å². The van der Waals surface area contributed by atoms with Crippen molar-refractivity contribution in [2.75, 3.05) is 0 Å². The van der Waals surface area contributed by atoms with E-state index in [1.807, 2.05) is 6.20 Å². The van der Waals surface area contributed by atoms with Crippen LogP contribution < -0.4 is 10.6 Å². The van der Waals surface area contributed by atoms with Gasteiger partial charge in [-0.15, -0.1) is 0 Å². The molecule has 1 atom stereocenters. The fourth-order valence-corrected chi connectivity index (χ4v) is 1.59. The van der Waals surface area contributed by atoms with Gasteiger partial charge in [-0.05, 0) is 30.0 Å². The Labute approximate surface area is 66.4 Å². The quantitative estimate of drug-likeness (QED) is 0.610. The average molecular weight is 147 g/mol. The first-order chi connectivity index (χ1) is 5.40. The van der Waals surface area contributed by atoms with Crippen molar-refractivity contribution in [3.8, 4) is 0 Å². The Bertz CT molecular complexity index is 345. The van der Waals surface area contributed by atoms with Crippen molar-refractivity contribution >= 4 is 12.2 Å². The maximum Gasteiger partial charge on any atom is 0.0410 e. The highest BCUT2D eigenvalue weighted by molar-refractivity contribution is 5.38. The summed E-state index contributed by atoms with van der Waals surface area (Å²) in [5, 5.41) is 2.68. The number of rotatable bonds is 1. The molecule has 0 aliphatic heterocycles. The molecule has 2 rings (SSSR count). The Hall–Kier alpha value is -0.980. The van der Waals surface area contributed by atoms with Crippen molar-refractivity contribution < 1.29 is 0 Å². The van der Waals surface area contributed by atoms with E-state index in [1.165, 1.54) is 23.4 Å². The molecule has 0 saturated heterocycles. The van der Waals surface area contributed by atoms with Gasteiger partial charge in [0.25, 0.3) is 0 Å². The van der Waals surface area contributed by atoms with Crippen molar-refractivity contribution in [1.82, 2.24) is 4.98 Å². The summed E-state index contributed by atoms with van der Waals surface area (Å²) in [6.45, 7) is 2.24. The summed E-state index contributed by atoms with van der Waals surface area (Å²) in [6.07, 6.45) is 9.12. The molecule has 1 aromatic heterocycles. The number of H-pyrrole nitrogens is 1. The van der Waals surface area contributed by atoms with Gasteiger partial charge in [0.1, 0.15) is 0 Å². The average Bonchev–Trinajstić information content (AvgIpc) is 2.50. The van der Waals surface area contributed by atoms with Crippen molar-refractivity contribution in [3.63, 3.8) is 0 Å². The summed E-state index contributed by atoms with van der Waals surface area (Å²) in [5.41, 5.74) is 0. The fraction of sp³-hybridized carbons (Fsp3) is 0.400. The molecule has 1 N–H and O–H groups in total. The van der Waals surface area contributed by atoms with E-state index in [9.17, 15) is 0 Å². The Kier molecular flexibility index (Phi) is 1.57. The summed E-state index contributed by atoms with van der Waals surface area (Å²) >= 11 is 0. The molecule has 1 aromatic rings. The molecule has 1 heteroatoms. The third kappa shape index (κ3) is 1.11. The smallest absolute Gasteiger partial charge is 0.0410 e. The molecular formula is C10H13N. The zero-order valence-electron chi connectivity index (χ0n) is 6.80. The van der Waals surface area contributed by atoms with Crippen molar-refractivity contribution in [3.05, 3.63) is 22.8 Å². The van der Waals surface area contributed by atoms with E-state index in [0.29, 0.717) is 0 Å². The first-order valence-electron chi connectivity index (χ1n) is 4.25. The molecule has 11 heavy (non-hydrogen) atoms. The van der Waals surface area contributed by atoms with Crippen LogP contribution in [0.25, 0.3) is 12.2 Å². The standard InChI is InChI=1S/C10H13N/c1-2-8-3-4-10-9(7-8)5-6-11-10/h4-8,11H,2-3H2,1H3. The second-order valence-corrected chi connectivity index (χ2v) is 3.12. The van der Waals surface area contributed by atoms with Gasteiger partial charge in [0, 0.05) is 11.5 Å². The number of nitrogens with one attached hydrogen (secondary N) is 1. The van der Waals surface area contributed by atoms with Crippen LogP contribution in [-0.4, -0.2) is 4.98 Å². The van der Waals surface area contributed by atoms with Gasteiger partial charge in [0.15, 0.2) is 0 Å². The molecule has 0 aromatic carbocycles. The van der Waals surface area contributed by atoms with Crippen LogP contribution in [0.1, 0.15) is 19.8 Å². The second kappa shape index (κ2) is 2.57. The largest absolute Gasteiger partial charge is 0.361 e. The molecule has 0 fully saturated rings.